The Bertz CT molecular complexity index is 995. The van der Waals surface area contributed by atoms with Crippen molar-refractivity contribution < 1.29 is 18.0 Å². The fraction of sp³-hybridized carbons (Fsp3) is 0.300. The minimum atomic E-state index is -3.85. The molecule has 0 unspecified atom stereocenters. The number of likely N-dealkylation sites (tertiary alicyclic amines) is 1. The van der Waals surface area contributed by atoms with E-state index in [1.807, 2.05) is 0 Å². The van der Waals surface area contributed by atoms with Crippen LogP contribution in [0.25, 0.3) is 0 Å². The zero-order chi connectivity index (χ0) is 20.3. The summed E-state index contributed by atoms with van der Waals surface area (Å²) in [5.74, 6) is -0.338. The molecule has 1 fully saturated rings. The number of carbonyl (C=O) groups is 2. The van der Waals surface area contributed by atoms with Crippen LogP contribution in [0.3, 0.4) is 0 Å². The number of aryl methyl sites for hydroxylation is 1. The lowest BCUT2D eigenvalue weighted by molar-refractivity contribution is -0.114. The number of carbonyl (C=O) groups excluding carboxylic acids is 2. The third-order valence-electron chi connectivity index (χ3n) is 4.60. The molecule has 0 spiro atoms. The Kier molecular flexibility index (Phi) is 5.69. The molecule has 1 aliphatic rings. The summed E-state index contributed by atoms with van der Waals surface area (Å²) < 4.78 is 28.0. The number of rotatable bonds is 5. The van der Waals surface area contributed by atoms with E-state index in [-0.39, 0.29) is 16.7 Å². The zero-order valence-corrected chi connectivity index (χ0v) is 16.7. The third kappa shape index (κ3) is 4.51. The van der Waals surface area contributed by atoms with Crippen molar-refractivity contribution >= 4 is 33.2 Å². The second-order valence-electron chi connectivity index (χ2n) is 6.84. The molecule has 3 rings (SSSR count). The number of hydrogen-bond acceptors (Lipinski definition) is 4. The van der Waals surface area contributed by atoms with E-state index in [1.165, 1.54) is 19.1 Å². The highest BCUT2D eigenvalue weighted by Gasteiger charge is 2.23. The number of hydrogen-bond donors (Lipinski definition) is 2. The van der Waals surface area contributed by atoms with Crippen LogP contribution in [0, 0.1) is 6.92 Å². The summed E-state index contributed by atoms with van der Waals surface area (Å²) >= 11 is 0. The molecule has 7 nitrogen and oxygen atoms in total. The molecule has 2 aromatic carbocycles. The topological polar surface area (TPSA) is 95.6 Å². The van der Waals surface area contributed by atoms with Gasteiger partial charge in [-0.3, -0.25) is 14.3 Å². The summed E-state index contributed by atoms with van der Waals surface area (Å²) in [4.78, 5) is 25.6. The smallest absolute Gasteiger partial charge is 0.261 e. The zero-order valence-electron chi connectivity index (χ0n) is 15.9. The minimum absolute atomic E-state index is 0.0339. The monoisotopic (exact) mass is 401 g/mol. The van der Waals surface area contributed by atoms with Crippen LogP contribution in [0.4, 0.5) is 11.4 Å². The highest BCUT2D eigenvalue weighted by Crippen LogP contribution is 2.22. The molecule has 1 aliphatic heterocycles. The molecule has 1 saturated heterocycles. The second-order valence-corrected chi connectivity index (χ2v) is 8.52. The predicted molar refractivity (Wildman–Crippen MR) is 108 cm³/mol. The maximum Gasteiger partial charge on any atom is 0.261 e. The SMILES string of the molecule is CC(=O)Nc1ccc(NS(=O)(=O)c2ccc(C)c(C(=O)N3CCCC3)c2)cc1. The molecule has 2 amide bonds. The van der Waals surface area contributed by atoms with E-state index in [1.54, 1.807) is 42.2 Å². The fourth-order valence-corrected chi connectivity index (χ4v) is 4.21. The number of benzene rings is 2. The number of nitrogens with zero attached hydrogens (tertiary/aromatic N) is 1. The first kappa shape index (κ1) is 19.9. The van der Waals surface area contributed by atoms with Crippen LogP contribution in [-0.4, -0.2) is 38.2 Å². The van der Waals surface area contributed by atoms with E-state index in [9.17, 15) is 18.0 Å². The van der Waals surface area contributed by atoms with Crippen molar-refractivity contribution in [3.63, 3.8) is 0 Å². The summed E-state index contributed by atoms with van der Waals surface area (Å²) in [6.07, 6.45) is 1.94. The molecule has 0 bridgehead atoms. The second kappa shape index (κ2) is 8.02. The predicted octanol–water partition coefficient (Wildman–Crippen LogP) is 2.99. The van der Waals surface area contributed by atoms with Gasteiger partial charge in [0.25, 0.3) is 15.9 Å². The molecular formula is C20H23N3O4S. The van der Waals surface area contributed by atoms with Gasteiger partial charge in [-0.15, -0.1) is 0 Å². The van der Waals surface area contributed by atoms with E-state index >= 15 is 0 Å². The van der Waals surface area contributed by atoms with Crippen molar-refractivity contribution in [3.05, 3.63) is 53.6 Å². The molecule has 8 heteroatoms. The Morgan fingerprint density at radius 3 is 2.18 bits per heavy atom. The molecule has 0 atom stereocenters. The summed E-state index contributed by atoms with van der Waals surface area (Å²) in [7, 11) is -3.85. The first-order valence-corrected chi connectivity index (χ1v) is 10.5. The normalized spacial score (nSPS) is 14.0. The van der Waals surface area contributed by atoms with E-state index in [0.29, 0.717) is 30.0 Å². The highest BCUT2D eigenvalue weighted by molar-refractivity contribution is 7.92. The number of amides is 2. The molecule has 0 saturated carbocycles. The largest absolute Gasteiger partial charge is 0.339 e. The average molecular weight is 401 g/mol. The van der Waals surface area contributed by atoms with E-state index in [2.05, 4.69) is 10.0 Å². The molecule has 148 valence electrons. The van der Waals surface area contributed by atoms with Gasteiger partial charge in [-0.2, -0.15) is 0 Å². The van der Waals surface area contributed by atoms with E-state index in [4.69, 9.17) is 0 Å². The van der Waals surface area contributed by atoms with Gasteiger partial charge in [0.15, 0.2) is 0 Å². The van der Waals surface area contributed by atoms with Gasteiger partial charge in [-0.25, -0.2) is 8.42 Å². The summed E-state index contributed by atoms with van der Waals surface area (Å²) in [5, 5.41) is 2.62. The van der Waals surface area contributed by atoms with Crippen LogP contribution in [-0.2, 0) is 14.8 Å². The maximum absolute atomic E-state index is 12.8. The van der Waals surface area contributed by atoms with Gasteiger partial charge < -0.3 is 10.2 Å². The van der Waals surface area contributed by atoms with Gasteiger partial charge in [0, 0.05) is 37.0 Å². The molecule has 2 N–H and O–H groups in total. The lowest BCUT2D eigenvalue weighted by Crippen LogP contribution is -2.28. The van der Waals surface area contributed by atoms with Crippen LogP contribution in [0.15, 0.2) is 47.4 Å². The molecule has 0 aromatic heterocycles. The van der Waals surface area contributed by atoms with Crippen LogP contribution in [0.2, 0.25) is 0 Å². The first-order chi connectivity index (χ1) is 13.3. The number of anilines is 2. The number of nitrogens with one attached hydrogen (secondary N) is 2. The summed E-state index contributed by atoms with van der Waals surface area (Å²) in [5.41, 5.74) is 2.09. The van der Waals surface area contributed by atoms with Crippen LogP contribution in [0.5, 0.6) is 0 Å². The van der Waals surface area contributed by atoms with E-state index in [0.717, 1.165) is 18.4 Å². The van der Waals surface area contributed by atoms with Gasteiger partial charge in [-0.1, -0.05) is 6.07 Å². The van der Waals surface area contributed by atoms with Crippen molar-refractivity contribution in [1.82, 2.24) is 4.90 Å². The third-order valence-corrected chi connectivity index (χ3v) is 5.98. The Morgan fingerprint density at radius 1 is 0.964 bits per heavy atom. The van der Waals surface area contributed by atoms with Crippen LogP contribution < -0.4 is 10.0 Å². The van der Waals surface area contributed by atoms with Crippen molar-refractivity contribution in [3.8, 4) is 0 Å². The molecule has 0 radical (unpaired) electrons. The average Bonchev–Trinajstić information content (AvgIpc) is 3.17. The lowest BCUT2D eigenvalue weighted by Gasteiger charge is -2.17. The molecular weight excluding hydrogens is 378 g/mol. The van der Waals surface area contributed by atoms with Crippen molar-refractivity contribution in [2.45, 2.75) is 31.6 Å². The maximum atomic E-state index is 12.8. The van der Waals surface area contributed by atoms with Gasteiger partial charge >= 0.3 is 0 Å². The van der Waals surface area contributed by atoms with E-state index < -0.39 is 10.0 Å². The molecule has 28 heavy (non-hydrogen) atoms. The molecule has 0 aliphatic carbocycles. The van der Waals surface area contributed by atoms with Crippen LogP contribution in [0.1, 0.15) is 35.7 Å². The minimum Gasteiger partial charge on any atom is -0.339 e. The van der Waals surface area contributed by atoms with Crippen molar-refractivity contribution in [2.24, 2.45) is 0 Å². The highest BCUT2D eigenvalue weighted by atomic mass is 32.2. The Hall–Kier alpha value is -2.87. The van der Waals surface area contributed by atoms with Crippen molar-refractivity contribution in [2.75, 3.05) is 23.1 Å². The van der Waals surface area contributed by atoms with Gasteiger partial charge in [0.05, 0.1) is 4.90 Å². The van der Waals surface area contributed by atoms with Gasteiger partial charge in [0.1, 0.15) is 0 Å². The first-order valence-electron chi connectivity index (χ1n) is 9.07. The van der Waals surface area contributed by atoms with Crippen LogP contribution >= 0.6 is 0 Å². The molecule has 2 aromatic rings. The Balaban J connectivity index is 1.82. The lowest BCUT2D eigenvalue weighted by atomic mass is 10.1. The van der Waals surface area contributed by atoms with Gasteiger partial charge in [0.2, 0.25) is 5.91 Å². The standard InChI is InChI=1S/C20H23N3O4S/c1-14-5-10-18(13-19(14)20(25)23-11-3-4-12-23)28(26,27)22-17-8-6-16(7-9-17)21-15(2)24/h5-10,13,22H,3-4,11-12H2,1-2H3,(H,21,24). The van der Waals surface area contributed by atoms with Crippen molar-refractivity contribution in [1.29, 1.82) is 0 Å². The summed E-state index contributed by atoms with van der Waals surface area (Å²) in [6.45, 7) is 4.60. The van der Waals surface area contributed by atoms with Gasteiger partial charge in [-0.05, 0) is 61.7 Å². The Morgan fingerprint density at radius 2 is 1.57 bits per heavy atom. The fourth-order valence-electron chi connectivity index (χ4n) is 3.13. The quantitative estimate of drug-likeness (QED) is 0.805. The Labute approximate surface area is 164 Å². The molecule has 1 heterocycles. The number of sulfonamides is 1. The summed E-state index contributed by atoms with van der Waals surface area (Å²) in [6, 6.07) is 10.9.